The monoisotopic (exact) mass is 268 g/mol. The average Bonchev–Trinajstić information content (AvgIpc) is 2.76. The van der Waals surface area contributed by atoms with Crippen molar-refractivity contribution in [2.75, 3.05) is 13.1 Å². The van der Waals surface area contributed by atoms with E-state index in [-0.39, 0.29) is 11.9 Å². The Hall–Kier alpha value is -0.610. The van der Waals surface area contributed by atoms with Gasteiger partial charge < -0.3 is 10.4 Å². The number of nitrogens with one attached hydrogen (secondary N) is 1. The standard InChI is InChI=1S/C15H28N2O2/c1-15(2,19)11-17-10-6-9-13(17)14(18)16-12-7-4-3-5-8-12/h12-13,19H,3-11H2,1-2H3,(H,16,18). The van der Waals surface area contributed by atoms with Crippen molar-refractivity contribution in [3.63, 3.8) is 0 Å². The second-order valence-corrected chi connectivity index (χ2v) is 6.78. The van der Waals surface area contributed by atoms with Crippen LogP contribution in [0.25, 0.3) is 0 Å². The first-order valence-corrected chi connectivity index (χ1v) is 7.72. The quantitative estimate of drug-likeness (QED) is 0.815. The summed E-state index contributed by atoms with van der Waals surface area (Å²) in [4.78, 5) is 14.5. The van der Waals surface area contributed by atoms with E-state index in [0.717, 1.165) is 32.2 Å². The first kappa shape index (κ1) is 14.8. The van der Waals surface area contributed by atoms with Crippen molar-refractivity contribution in [3.8, 4) is 0 Å². The number of likely N-dealkylation sites (tertiary alicyclic amines) is 1. The number of nitrogens with zero attached hydrogens (tertiary/aromatic N) is 1. The van der Waals surface area contributed by atoms with Crippen molar-refractivity contribution in [2.45, 2.75) is 76.5 Å². The van der Waals surface area contributed by atoms with Crippen LogP contribution >= 0.6 is 0 Å². The van der Waals surface area contributed by atoms with Crippen LogP contribution < -0.4 is 5.32 Å². The van der Waals surface area contributed by atoms with E-state index in [0.29, 0.717) is 12.6 Å². The highest BCUT2D eigenvalue weighted by atomic mass is 16.3. The highest BCUT2D eigenvalue weighted by Crippen LogP contribution is 2.22. The topological polar surface area (TPSA) is 52.6 Å². The van der Waals surface area contributed by atoms with Gasteiger partial charge in [-0.3, -0.25) is 9.69 Å². The largest absolute Gasteiger partial charge is 0.389 e. The van der Waals surface area contributed by atoms with Gasteiger partial charge in [-0.1, -0.05) is 19.3 Å². The van der Waals surface area contributed by atoms with E-state index in [1.54, 1.807) is 13.8 Å². The van der Waals surface area contributed by atoms with Crippen LogP contribution in [0.3, 0.4) is 0 Å². The first-order valence-electron chi connectivity index (χ1n) is 7.72. The molecule has 0 spiro atoms. The summed E-state index contributed by atoms with van der Waals surface area (Å²) in [5.41, 5.74) is -0.728. The van der Waals surface area contributed by atoms with Gasteiger partial charge in [-0.25, -0.2) is 0 Å². The zero-order valence-electron chi connectivity index (χ0n) is 12.3. The van der Waals surface area contributed by atoms with E-state index in [1.165, 1.54) is 19.3 Å². The molecule has 1 saturated carbocycles. The number of amides is 1. The summed E-state index contributed by atoms with van der Waals surface area (Å²) in [7, 11) is 0. The maximum Gasteiger partial charge on any atom is 0.237 e. The van der Waals surface area contributed by atoms with E-state index >= 15 is 0 Å². The van der Waals surface area contributed by atoms with Crippen LogP contribution in [-0.2, 0) is 4.79 Å². The van der Waals surface area contributed by atoms with Crippen molar-refractivity contribution in [2.24, 2.45) is 0 Å². The normalized spacial score (nSPS) is 26.6. The molecule has 4 nitrogen and oxygen atoms in total. The fourth-order valence-electron chi connectivity index (χ4n) is 3.35. The summed E-state index contributed by atoms with van der Waals surface area (Å²) in [5, 5.41) is 13.1. The Morgan fingerprint density at radius 3 is 2.53 bits per heavy atom. The summed E-state index contributed by atoms with van der Waals surface area (Å²) in [6.45, 7) is 5.12. The Balaban J connectivity index is 1.86. The van der Waals surface area contributed by atoms with Crippen molar-refractivity contribution < 1.29 is 9.90 Å². The lowest BCUT2D eigenvalue weighted by Crippen LogP contribution is -2.50. The number of β-amino-alcohol motifs (C(OH)–C–C–N with tert-alkyl or cyclic N) is 1. The molecule has 4 heteroatoms. The molecule has 1 heterocycles. The minimum absolute atomic E-state index is 0.0339. The summed E-state index contributed by atoms with van der Waals surface area (Å²) in [5.74, 6) is 0.175. The maximum atomic E-state index is 12.4. The van der Waals surface area contributed by atoms with Crippen molar-refractivity contribution in [1.29, 1.82) is 0 Å². The highest BCUT2D eigenvalue weighted by Gasteiger charge is 2.34. The lowest BCUT2D eigenvalue weighted by molar-refractivity contribution is -0.127. The molecular weight excluding hydrogens is 240 g/mol. The van der Waals surface area contributed by atoms with Gasteiger partial charge in [0.15, 0.2) is 0 Å². The third-order valence-electron chi connectivity index (χ3n) is 4.21. The van der Waals surface area contributed by atoms with E-state index in [9.17, 15) is 9.90 Å². The van der Waals surface area contributed by atoms with Gasteiger partial charge in [-0.15, -0.1) is 0 Å². The van der Waals surface area contributed by atoms with Crippen molar-refractivity contribution >= 4 is 5.91 Å². The van der Waals surface area contributed by atoms with E-state index in [2.05, 4.69) is 10.2 Å². The molecule has 2 rings (SSSR count). The summed E-state index contributed by atoms with van der Waals surface area (Å²) < 4.78 is 0. The summed E-state index contributed by atoms with van der Waals surface area (Å²) in [6, 6.07) is 0.346. The Labute approximate surface area is 116 Å². The zero-order valence-corrected chi connectivity index (χ0v) is 12.3. The fourth-order valence-corrected chi connectivity index (χ4v) is 3.35. The van der Waals surface area contributed by atoms with Gasteiger partial charge >= 0.3 is 0 Å². The number of carbonyl (C=O) groups excluding carboxylic acids is 1. The molecule has 0 bridgehead atoms. The molecule has 1 saturated heterocycles. The molecule has 1 unspecified atom stereocenters. The second kappa shape index (κ2) is 6.23. The van der Waals surface area contributed by atoms with Crippen LogP contribution in [0, 0.1) is 0 Å². The molecule has 2 aliphatic rings. The number of hydrogen-bond donors (Lipinski definition) is 2. The van der Waals surface area contributed by atoms with Crippen molar-refractivity contribution in [1.82, 2.24) is 10.2 Å². The maximum absolute atomic E-state index is 12.4. The predicted octanol–water partition coefficient (Wildman–Crippen LogP) is 1.67. The molecule has 1 aliphatic carbocycles. The number of carbonyl (C=O) groups is 1. The third-order valence-corrected chi connectivity index (χ3v) is 4.21. The zero-order chi connectivity index (χ0) is 13.9. The molecule has 1 atom stereocenters. The first-order chi connectivity index (χ1) is 8.96. The minimum Gasteiger partial charge on any atom is -0.389 e. The van der Waals surface area contributed by atoms with E-state index < -0.39 is 5.60 Å². The molecule has 0 aromatic carbocycles. The third kappa shape index (κ3) is 4.46. The van der Waals surface area contributed by atoms with Gasteiger partial charge in [0.05, 0.1) is 11.6 Å². The smallest absolute Gasteiger partial charge is 0.237 e. The molecule has 2 N–H and O–H groups in total. The molecule has 0 radical (unpaired) electrons. The molecule has 2 fully saturated rings. The number of aliphatic hydroxyl groups is 1. The van der Waals surface area contributed by atoms with Crippen LogP contribution in [0.5, 0.6) is 0 Å². The van der Waals surface area contributed by atoms with E-state index in [4.69, 9.17) is 0 Å². The average molecular weight is 268 g/mol. The van der Waals surface area contributed by atoms with Gasteiger partial charge in [-0.2, -0.15) is 0 Å². The minimum atomic E-state index is -0.728. The molecule has 0 aromatic heterocycles. The molecule has 19 heavy (non-hydrogen) atoms. The Morgan fingerprint density at radius 2 is 1.89 bits per heavy atom. The van der Waals surface area contributed by atoms with Crippen LogP contribution in [0.4, 0.5) is 0 Å². The predicted molar refractivity (Wildman–Crippen MR) is 75.9 cm³/mol. The molecular formula is C15H28N2O2. The summed E-state index contributed by atoms with van der Waals surface area (Å²) >= 11 is 0. The lowest BCUT2D eigenvalue weighted by Gasteiger charge is -2.31. The lowest BCUT2D eigenvalue weighted by atomic mass is 9.95. The number of hydrogen-bond acceptors (Lipinski definition) is 3. The van der Waals surface area contributed by atoms with Crippen LogP contribution in [0.2, 0.25) is 0 Å². The fraction of sp³-hybridized carbons (Fsp3) is 0.933. The van der Waals surface area contributed by atoms with Gasteiger partial charge in [0.1, 0.15) is 0 Å². The molecule has 110 valence electrons. The van der Waals surface area contributed by atoms with Gasteiger partial charge in [-0.05, 0) is 46.1 Å². The van der Waals surface area contributed by atoms with Crippen molar-refractivity contribution in [3.05, 3.63) is 0 Å². The molecule has 1 aliphatic heterocycles. The Bertz CT molecular complexity index is 306. The molecule has 1 amide bonds. The molecule has 0 aromatic rings. The highest BCUT2D eigenvalue weighted by molar-refractivity contribution is 5.82. The van der Waals surface area contributed by atoms with Gasteiger partial charge in [0.25, 0.3) is 0 Å². The summed E-state index contributed by atoms with van der Waals surface area (Å²) in [6.07, 6.45) is 8.02. The Morgan fingerprint density at radius 1 is 1.21 bits per heavy atom. The van der Waals surface area contributed by atoms with Crippen LogP contribution in [-0.4, -0.2) is 46.7 Å². The Kier molecular flexibility index (Phi) is 4.85. The van der Waals surface area contributed by atoms with Gasteiger partial charge in [0, 0.05) is 12.6 Å². The van der Waals surface area contributed by atoms with E-state index in [1.807, 2.05) is 0 Å². The number of rotatable bonds is 4. The second-order valence-electron chi connectivity index (χ2n) is 6.78. The van der Waals surface area contributed by atoms with Gasteiger partial charge in [0.2, 0.25) is 5.91 Å². The van der Waals surface area contributed by atoms with Crippen LogP contribution in [0.15, 0.2) is 0 Å². The van der Waals surface area contributed by atoms with Crippen LogP contribution in [0.1, 0.15) is 58.8 Å². The SMILES string of the molecule is CC(C)(O)CN1CCCC1C(=O)NC1CCCCC1.